The van der Waals surface area contributed by atoms with Crippen LogP contribution in [0.25, 0.3) is 11.4 Å². The Morgan fingerprint density at radius 1 is 1.22 bits per heavy atom. The number of rotatable bonds is 5. The van der Waals surface area contributed by atoms with Crippen molar-refractivity contribution in [3.63, 3.8) is 0 Å². The number of nitro groups is 1. The molecule has 0 fully saturated rings. The molecule has 0 aliphatic rings. The molecular formula is C15H13N5O3. The highest BCUT2D eigenvalue weighted by atomic mass is 16.6. The predicted octanol–water partition coefficient (Wildman–Crippen LogP) is 2.31. The number of non-ortho nitro benzene ring substituents is 1. The molecule has 0 radical (unpaired) electrons. The molecular weight excluding hydrogens is 298 g/mol. The topological polar surface area (TPSA) is 96.0 Å². The Bertz CT molecular complexity index is 829. The van der Waals surface area contributed by atoms with Gasteiger partial charge in [-0.1, -0.05) is 24.3 Å². The minimum atomic E-state index is -0.453. The van der Waals surface area contributed by atoms with Gasteiger partial charge in [0, 0.05) is 17.7 Å². The molecule has 0 spiro atoms. The number of methoxy groups -OCH3 is 1. The van der Waals surface area contributed by atoms with Crippen LogP contribution in [-0.4, -0.2) is 32.2 Å². The summed E-state index contributed by atoms with van der Waals surface area (Å²) in [5.41, 5.74) is 1.54. The van der Waals surface area contributed by atoms with Gasteiger partial charge < -0.3 is 4.74 Å². The van der Waals surface area contributed by atoms with E-state index in [1.54, 1.807) is 19.2 Å². The minimum absolute atomic E-state index is 0.00555. The van der Waals surface area contributed by atoms with Crippen molar-refractivity contribution < 1.29 is 9.66 Å². The number of aromatic nitrogens is 4. The first-order valence-corrected chi connectivity index (χ1v) is 6.81. The lowest BCUT2D eigenvalue weighted by Crippen LogP contribution is -2.04. The van der Waals surface area contributed by atoms with E-state index in [9.17, 15) is 10.1 Å². The Kier molecular flexibility index (Phi) is 3.96. The van der Waals surface area contributed by atoms with Crippen LogP contribution in [0.2, 0.25) is 0 Å². The highest BCUT2D eigenvalue weighted by molar-refractivity contribution is 5.58. The van der Waals surface area contributed by atoms with Crippen molar-refractivity contribution in [3.05, 3.63) is 64.2 Å². The highest BCUT2D eigenvalue weighted by Gasteiger charge is 2.11. The highest BCUT2D eigenvalue weighted by Crippen LogP contribution is 2.20. The lowest BCUT2D eigenvalue weighted by molar-refractivity contribution is -0.384. The summed E-state index contributed by atoms with van der Waals surface area (Å²) >= 11 is 0. The molecule has 0 unspecified atom stereocenters. The molecule has 0 atom stereocenters. The molecule has 116 valence electrons. The molecule has 3 aromatic rings. The first kappa shape index (κ1) is 14.6. The summed E-state index contributed by atoms with van der Waals surface area (Å²) < 4.78 is 5.11. The van der Waals surface area contributed by atoms with Crippen LogP contribution in [0.1, 0.15) is 5.56 Å². The van der Waals surface area contributed by atoms with Gasteiger partial charge in [-0.3, -0.25) is 10.1 Å². The molecule has 0 aliphatic heterocycles. The lowest BCUT2D eigenvalue weighted by atomic mass is 10.2. The van der Waals surface area contributed by atoms with E-state index in [1.165, 1.54) is 16.9 Å². The van der Waals surface area contributed by atoms with E-state index in [0.717, 1.165) is 11.3 Å². The van der Waals surface area contributed by atoms with Gasteiger partial charge in [0.1, 0.15) is 5.75 Å². The average molecular weight is 311 g/mol. The van der Waals surface area contributed by atoms with Crippen LogP contribution in [-0.2, 0) is 6.54 Å². The standard InChI is InChI=1S/C15H13N5O3/c1-23-14-7-5-11(6-8-14)10-19-17-15(16-18-19)12-3-2-4-13(9-12)20(21)22/h2-9H,10H2,1H3. The van der Waals surface area contributed by atoms with Crippen LogP contribution in [0.3, 0.4) is 0 Å². The zero-order valence-electron chi connectivity index (χ0n) is 12.3. The molecule has 2 aromatic carbocycles. The van der Waals surface area contributed by atoms with Crippen molar-refractivity contribution in [1.82, 2.24) is 20.2 Å². The van der Waals surface area contributed by atoms with Crippen LogP contribution in [0.15, 0.2) is 48.5 Å². The quantitative estimate of drug-likeness (QED) is 0.530. The van der Waals surface area contributed by atoms with Gasteiger partial charge in [0.2, 0.25) is 5.82 Å². The summed E-state index contributed by atoms with van der Waals surface area (Å²) in [6, 6.07) is 13.7. The van der Waals surface area contributed by atoms with E-state index >= 15 is 0 Å². The van der Waals surface area contributed by atoms with Crippen LogP contribution in [0, 0.1) is 10.1 Å². The van der Waals surface area contributed by atoms with Gasteiger partial charge in [0.25, 0.3) is 5.69 Å². The summed E-state index contributed by atoms with van der Waals surface area (Å²) in [7, 11) is 1.61. The maximum atomic E-state index is 10.8. The Labute approximate surface area is 131 Å². The van der Waals surface area contributed by atoms with Gasteiger partial charge in [-0.15, -0.1) is 10.2 Å². The van der Waals surface area contributed by atoms with Crippen molar-refractivity contribution in [1.29, 1.82) is 0 Å². The Morgan fingerprint density at radius 3 is 2.70 bits per heavy atom. The molecule has 0 saturated carbocycles. The molecule has 3 rings (SSSR count). The van der Waals surface area contributed by atoms with Gasteiger partial charge in [-0.2, -0.15) is 4.80 Å². The molecule has 0 aliphatic carbocycles. The minimum Gasteiger partial charge on any atom is -0.497 e. The van der Waals surface area contributed by atoms with Gasteiger partial charge >= 0.3 is 0 Å². The largest absolute Gasteiger partial charge is 0.497 e. The number of hydrogen-bond acceptors (Lipinski definition) is 6. The fourth-order valence-corrected chi connectivity index (χ4v) is 2.08. The van der Waals surface area contributed by atoms with Crippen LogP contribution in [0.4, 0.5) is 5.69 Å². The molecule has 1 aromatic heterocycles. The molecule has 0 amide bonds. The Morgan fingerprint density at radius 2 is 2.00 bits per heavy atom. The first-order chi connectivity index (χ1) is 11.2. The molecule has 0 saturated heterocycles. The molecule has 8 nitrogen and oxygen atoms in total. The van der Waals surface area contributed by atoms with Gasteiger partial charge in [-0.05, 0) is 22.9 Å². The second-order valence-corrected chi connectivity index (χ2v) is 4.80. The summed E-state index contributed by atoms with van der Waals surface area (Å²) in [6.45, 7) is 0.450. The number of nitro benzene ring substituents is 1. The normalized spacial score (nSPS) is 10.5. The van der Waals surface area contributed by atoms with E-state index in [1.807, 2.05) is 24.3 Å². The third-order valence-electron chi connectivity index (χ3n) is 3.25. The Balaban J connectivity index is 1.79. The van der Waals surface area contributed by atoms with E-state index in [-0.39, 0.29) is 5.69 Å². The zero-order chi connectivity index (χ0) is 16.2. The summed E-state index contributed by atoms with van der Waals surface area (Å²) in [5, 5.41) is 23.0. The number of ether oxygens (including phenoxy) is 1. The maximum absolute atomic E-state index is 10.8. The van der Waals surface area contributed by atoms with E-state index in [0.29, 0.717) is 17.9 Å². The average Bonchev–Trinajstić information content (AvgIpc) is 3.04. The molecule has 0 N–H and O–H groups in total. The van der Waals surface area contributed by atoms with Crippen molar-refractivity contribution >= 4 is 5.69 Å². The SMILES string of the molecule is COc1ccc(Cn2nnc(-c3cccc([N+](=O)[O-])c3)n2)cc1. The second-order valence-electron chi connectivity index (χ2n) is 4.80. The van der Waals surface area contributed by atoms with Gasteiger partial charge in [-0.25, -0.2) is 0 Å². The summed E-state index contributed by atoms with van der Waals surface area (Å²) in [4.78, 5) is 11.8. The molecule has 0 bridgehead atoms. The summed E-state index contributed by atoms with van der Waals surface area (Å²) in [6.07, 6.45) is 0. The van der Waals surface area contributed by atoms with E-state index in [2.05, 4.69) is 15.4 Å². The number of nitrogens with zero attached hydrogens (tertiary/aromatic N) is 5. The third kappa shape index (κ3) is 3.31. The van der Waals surface area contributed by atoms with Crippen molar-refractivity contribution in [2.75, 3.05) is 7.11 Å². The lowest BCUT2D eigenvalue weighted by Gasteiger charge is -2.02. The third-order valence-corrected chi connectivity index (χ3v) is 3.25. The number of tetrazole rings is 1. The number of benzene rings is 2. The Hall–Kier alpha value is -3.29. The molecule has 8 heteroatoms. The fourth-order valence-electron chi connectivity index (χ4n) is 2.08. The smallest absolute Gasteiger partial charge is 0.270 e. The monoisotopic (exact) mass is 311 g/mol. The zero-order valence-corrected chi connectivity index (χ0v) is 12.3. The second kappa shape index (κ2) is 6.22. The van der Waals surface area contributed by atoms with E-state index < -0.39 is 4.92 Å². The van der Waals surface area contributed by atoms with Crippen molar-refractivity contribution in [3.8, 4) is 17.1 Å². The van der Waals surface area contributed by atoms with Gasteiger partial charge in [0.05, 0.1) is 18.6 Å². The summed E-state index contributed by atoms with van der Waals surface area (Å²) in [5.74, 6) is 1.12. The predicted molar refractivity (Wildman–Crippen MR) is 82.0 cm³/mol. The van der Waals surface area contributed by atoms with E-state index in [4.69, 9.17) is 4.74 Å². The number of hydrogen-bond donors (Lipinski definition) is 0. The maximum Gasteiger partial charge on any atom is 0.270 e. The first-order valence-electron chi connectivity index (χ1n) is 6.81. The molecule has 23 heavy (non-hydrogen) atoms. The van der Waals surface area contributed by atoms with Gasteiger partial charge in [0.15, 0.2) is 0 Å². The fraction of sp³-hybridized carbons (Fsp3) is 0.133. The van der Waals surface area contributed by atoms with Crippen LogP contribution in [0.5, 0.6) is 5.75 Å². The van der Waals surface area contributed by atoms with Crippen molar-refractivity contribution in [2.45, 2.75) is 6.54 Å². The molecule has 1 heterocycles. The van der Waals surface area contributed by atoms with Crippen LogP contribution < -0.4 is 4.74 Å². The van der Waals surface area contributed by atoms with Crippen LogP contribution >= 0.6 is 0 Å². The van der Waals surface area contributed by atoms with Crippen molar-refractivity contribution in [2.24, 2.45) is 0 Å².